The summed E-state index contributed by atoms with van der Waals surface area (Å²) in [5.74, 6) is -0.513. The number of nitrogens with two attached hydrogens (primary N) is 1. The Balaban J connectivity index is 2.05. The Kier molecular flexibility index (Phi) is 7.38. The average molecular weight is 402 g/mol. The van der Waals surface area contributed by atoms with Crippen LogP contribution in [0.25, 0.3) is 0 Å². The first kappa shape index (κ1) is 21.5. The zero-order valence-electron chi connectivity index (χ0n) is 16.2. The first-order valence-electron chi connectivity index (χ1n) is 8.44. The Morgan fingerprint density at radius 2 is 1.34 bits per heavy atom. The lowest BCUT2D eigenvalue weighted by atomic mass is 10.1. The summed E-state index contributed by atoms with van der Waals surface area (Å²) in [5, 5.41) is 2.56. The summed E-state index contributed by atoms with van der Waals surface area (Å²) in [4.78, 5) is 35.9. The standard InChI is InChI=1S/C19H22N4O6/c1-27-14-8-12(9-15(28-2)17(14)29-3)19(26)23-22-18(25)11-4-6-13(7-5-11)21-16(24)10-20/h4-9H,10,20H2,1-3H3,(H,21,24)(H,22,25)(H,23,26). The molecule has 0 radical (unpaired) electrons. The first-order valence-corrected chi connectivity index (χ1v) is 8.44. The van der Waals surface area contributed by atoms with Crippen LogP contribution in [0.3, 0.4) is 0 Å². The quantitative estimate of drug-likeness (QED) is 0.499. The van der Waals surface area contributed by atoms with Gasteiger partial charge >= 0.3 is 0 Å². The van der Waals surface area contributed by atoms with Crippen molar-refractivity contribution in [2.75, 3.05) is 33.2 Å². The van der Waals surface area contributed by atoms with Gasteiger partial charge in [-0.15, -0.1) is 0 Å². The lowest BCUT2D eigenvalue weighted by molar-refractivity contribution is -0.114. The molecule has 0 fully saturated rings. The van der Waals surface area contributed by atoms with Gasteiger partial charge in [0, 0.05) is 16.8 Å². The molecule has 10 nitrogen and oxygen atoms in total. The molecule has 0 spiro atoms. The smallest absolute Gasteiger partial charge is 0.269 e. The van der Waals surface area contributed by atoms with Gasteiger partial charge in [-0.2, -0.15) is 0 Å². The molecule has 10 heteroatoms. The van der Waals surface area contributed by atoms with Crippen LogP contribution >= 0.6 is 0 Å². The second kappa shape index (κ2) is 9.95. The Labute approximate surface area is 167 Å². The normalized spacial score (nSPS) is 9.93. The van der Waals surface area contributed by atoms with E-state index in [0.29, 0.717) is 22.9 Å². The number of methoxy groups -OCH3 is 3. The topological polar surface area (TPSA) is 141 Å². The van der Waals surface area contributed by atoms with Crippen LogP contribution in [0.15, 0.2) is 36.4 Å². The molecule has 0 atom stereocenters. The predicted molar refractivity (Wildman–Crippen MR) is 105 cm³/mol. The van der Waals surface area contributed by atoms with Crippen LogP contribution < -0.4 is 36.1 Å². The number of benzene rings is 2. The fourth-order valence-corrected chi connectivity index (χ4v) is 2.39. The fourth-order valence-electron chi connectivity index (χ4n) is 2.39. The molecule has 3 amide bonds. The van der Waals surface area contributed by atoms with Crippen molar-refractivity contribution in [1.29, 1.82) is 0 Å². The van der Waals surface area contributed by atoms with Crippen LogP contribution in [0.4, 0.5) is 5.69 Å². The summed E-state index contributed by atoms with van der Waals surface area (Å²) in [5.41, 5.74) is 10.8. The van der Waals surface area contributed by atoms with Gasteiger partial charge < -0.3 is 25.3 Å². The summed E-state index contributed by atoms with van der Waals surface area (Å²) in [6, 6.07) is 8.99. The number of carbonyl (C=O) groups is 3. The zero-order valence-corrected chi connectivity index (χ0v) is 16.2. The molecule has 0 aliphatic carbocycles. The molecule has 0 bridgehead atoms. The highest BCUT2D eigenvalue weighted by Gasteiger charge is 2.17. The van der Waals surface area contributed by atoms with Gasteiger partial charge in [0.05, 0.1) is 27.9 Å². The van der Waals surface area contributed by atoms with E-state index in [2.05, 4.69) is 16.2 Å². The van der Waals surface area contributed by atoms with Crippen molar-refractivity contribution in [1.82, 2.24) is 10.9 Å². The van der Waals surface area contributed by atoms with Crippen molar-refractivity contribution in [3.8, 4) is 17.2 Å². The summed E-state index contributed by atoms with van der Waals surface area (Å²) >= 11 is 0. The molecular formula is C19H22N4O6. The Morgan fingerprint density at radius 1 is 0.828 bits per heavy atom. The van der Waals surface area contributed by atoms with Gasteiger partial charge in [-0.05, 0) is 36.4 Å². The van der Waals surface area contributed by atoms with Crippen LogP contribution in [-0.4, -0.2) is 45.6 Å². The number of anilines is 1. The Morgan fingerprint density at radius 3 is 1.79 bits per heavy atom. The van der Waals surface area contributed by atoms with E-state index in [4.69, 9.17) is 19.9 Å². The van der Waals surface area contributed by atoms with Gasteiger partial charge in [-0.3, -0.25) is 25.2 Å². The highest BCUT2D eigenvalue weighted by molar-refractivity contribution is 6.00. The minimum Gasteiger partial charge on any atom is -0.493 e. The Hall–Kier alpha value is -3.79. The van der Waals surface area contributed by atoms with Crippen molar-refractivity contribution < 1.29 is 28.6 Å². The van der Waals surface area contributed by atoms with E-state index in [0.717, 1.165) is 0 Å². The zero-order chi connectivity index (χ0) is 21.4. The number of ether oxygens (including phenoxy) is 3. The number of carbonyl (C=O) groups excluding carboxylic acids is 3. The SMILES string of the molecule is COc1cc(C(=O)NNC(=O)c2ccc(NC(=O)CN)cc2)cc(OC)c1OC. The van der Waals surface area contributed by atoms with Crippen LogP contribution in [0.1, 0.15) is 20.7 Å². The monoisotopic (exact) mass is 402 g/mol. The highest BCUT2D eigenvalue weighted by atomic mass is 16.5. The third-order valence-corrected chi connectivity index (χ3v) is 3.83. The van der Waals surface area contributed by atoms with Crippen molar-refractivity contribution in [3.05, 3.63) is 47.5 Å². The van der Waals surface area contributed by atoms with Gasteiger partial charge in [-0.1, -0.05) is 0 Å². The molecule has 0 saturated carbocycles. The molecule has 29 heavy (non-hydrogen) atoms. The van der Waals surface area contributed by atoms with Gasteiger partial charge in [0.25, 0.3) is 11.8 Å². The van der Waals surface area contributed by atoms with E-state index >= 15 is 0 Å². The minimum atomic E-state index is -0.579. The summed E-state index contributed by atoms with van der Waals surface area (Å²) in [6.07, 6.45) is 0. The van der Waals surface area contributed by atoms with Crippen molar-refractivity contribution >= 4 is 23.4 Å². The minimum absolute atomic E-state index is 0.144. The van der Waals surface area contributed by atoms with Crippen molar-refractivity contribution in [2.45, 2.75) is 0 Å². The van der Waals surface area contributed by atoms with Crippen LogP contribution in [0.5, 0.6) is 17.2 Å². The second-order valence-electron chi connectivity index (χ2n) is 5.65. The van der Waals surface area contributed by atoms with Gasteiger partial charge in [0.2, 0.25) is 11.7 Å². The molecule has 0 heterocycles. The molecule has 0 unspecified atom stereocenters. The van der Waals surface area contributed by atoms with Crippen LogP contribution in [0, 0.1) is 0 Å². The van der Waals surface area contributed by atoms with Gasteiger partial charge in [0.1, 0.15) is 0 Å². The van der Waals surface area contributed by atoms with Gasteiger partial charge in [0.15, 0.2) is 11.5 Å². The van der Waals surface area contributed by atoms with Crippen LogP contribution in [0.2, 0.25) is 0 Å². The third-order valence-electron chi connectivity index (χ3n) is 3.83. The fraction of sp³-hybridized carbons (Fsp3) is 0.211. The summed E-state index contributed by atoms with van der Waals surface area (Å²) < 4.78 is 15.6. The number of hydrazine groups is 1. The van der Waals surface area contributed by atoms with E-state index in [9.17, 15) is 14.4 Å². The maximum absolute atomic E-state index is 12.4. The molecular weight excluding hydrogens is 380 g/mol. The van der Waals surface area contributed by atoms with Crippen molar-refractivity contribution in [3.63, 3.8) is 0 Å². The first-order chi connectivity index (χ1) is 13.9. The summed E-state index contributed by atoms with van der Waals surface area (Å²) in [7, 11) is 4.31. The predicted octanol–water partition coefficient (Wildman–Crippen LogP) is 0.684. The van der Waals surface area contributed by atoms with E-state index in [1.807, 2.05) is 0 Å². The maximum Gasteiger partial charge on any atom is 0.269 e. The largest absolute Gasteiger partial charge is 0.493 e. The van der Waals surface area contributed by atoms with Gasteiger partial charge in [-0.25, -0.2) is 0 Å². The lowest BCUT2D eigenvalue weighted by Gasteiger charge is -2.14. The molecule has 2 aromatic rings. The van der Waals surface area contributed by atoms with E-state index < -0.39 is 11.8 Å². The van der Waals surface area contributed by atoms with E-state index in [-0.39, 0.29) is 23.6 Å². The average Bonchev–Trinajstić information content (AvgIpc) is 2.76. The third kappa shape index (κ3) is 5.36. The van der Waals surface area contributed by atoms with Crippen molar-refractivity contribution in [2.24, 2.45) is 5.73 Å². The number of hydrogen-bond donors (Lipinski definition) is 4. The molecule has 2 aromatic carbocycles. The van der Waals surface area contributed by atoms with E-state index in [1.54, 1.807) is 12.1 Å². The molecule has 2 rings (SSSR count). The molecule has 154 valence electrons. The lowest BCUT2D eigenvalue weighted by Crippen LogP contribution is -2.41. The number of nitrogens with one attached hydrogen (secondary N) is 3. The Bertz CT molecular complexity index is 873. The van der Waals surface area contributed by atoms with E-state index in [1.165, 1.54) is 45.6 Å². The number of amides is 3. The number of hydrogen-bond acceptors (Lipinski definition) is 7. The highest BCUT2D eigenvalue weighted by Crippen LogP contribution is 2.38. The molecule has 5 N–H and O–H groups in total. The molecule has 0 aromatic heterocycles. The molecule has 0 aliphatic heterocycles. The maximum atomic E-state index is 12.4. The number of rotatable bonds is 7. The molecule has 0 saturated heterocycles. The second-order valence-corrected chi connectivity index (χ2v) is 5.65. The van der Waals surface area contributed by atoms with Crippen LogP contribution in [-0.2, 0) is 4.79 Å². The summed E-state index contributed by atoms with van der Waals surface area (Å²) in [6.45, 7) is -0.144. The molecule has 0 aliphatic rings.